The highest BCUT2D eigenvalue weighted by Crippen LogP contribution is 2.20. The van der Waals surface area contributed by atoms with E-state index in [9.17, 15) is 14.1 Å². The molecule has 7 heteroatoms. The number of nitrogens with one attached hydrogen (secondary N) is 2. The number of anilines is 1. The first-order valence-corrected chi connectivity index (χ1v) is 9.08. The molecule has 1 aromatic carbocycles. The van der Waals surface area contributed by atoms with Crippen LogP contribution in [0.4, 0.5) is 10.5 Å². The Morgan fingerprint density at radius 3 is 2.52 bits per heavy atom. The van der Waals surface area contributed by atoms with Gasteiger partial charge in [-0.15, -0.1) is 4.72 Å². The molecule has 0 aliphatic carbocycles. The van der Waals surface area contributed by atoms with Gasteiger partial charge >= 0.3 is 6.03 Å². The molecule has 0 aromatic heterocycles. The Kier molecular flexibility index (Phi) is 6.73. The SMILES string of the molecule is CCCCNC(=O)N[S+]([O-])c1ccc(N2CCC(=O)CC2)cc1. The maximum absolute atomic E-state index is 12.1. The summed E-state index contributed by atoms with van der Waals surface area (Å²) >= 11 is -1.57. The average molecular weight is 337 g/mol. The van der Waals surface area contributed by atoms with E-state index < -0.39 is 17.4 Å². The van der Waals surface area contributed by atoms with Gasteiger partial charge in [-0.25, -0.2) is 4.79 Å². The minimum absolute atomic E-state index is 0.303. The van der Waals surface area contributed by atoms with Crippen molar-refractivity contribution >= 4 is 28.9 Å². The third kappa shape index (κ3) is 5.44. The minimum Gasteiger partial charge on any atom is -0.588 e. The molecule has 1 heterocycles. The third-order valence-electron chi connectivity index (χ3n) is 3.74. The number of amides is 2. The topological polar surface area (TPSA) is 84.5 Å². The van der Waals surface area contributed by atoms with Crippen molar-refractivity contribution in [2.45, 2.75) is 37.5 Å². The first-order chi connectivity index (χ1) is 11.1. The van der Waals surface area contributed by atoms with E-state index in [1.54, 1.807) is 12.1 Å². The van der Waals surface area contributed by atoms with Crippen LogP contribution in [0.2, 0.25) is 0 Å². The number of carbonyl (C=O) groups is 2. The molecule has 0 saturated carbocycles. The summed E-state index contributed by atoms with van der Waals surface area (Å²) < 4.78 is 14.5. The van der Waals surface area contributed by atoms with Crippen molar-refractivity contribution in [2.75, 3.05) is 24.5 Å². The van der Waals surface area contributed by atoms with E-state index in [1.807, 2.05) is 19.1 Å². The fourth-order valence-corrected chi connectivity index (χ4v) is 3.09. The second kappa shape index (κ2) is 8.79. The lowest BCUT2D eigenvalue weighted by atomic mass is 10.1. The number of hydrogen-bond donors (Lipinski definition) is 2. The van der Waals surface area contributed by atoms with Crippen molar-refractivity contribution < 1.29 is 14.1 Å². The Labute approximate surface area is 139 Å². The summed E-state index contributed by atoms with van der Waals surface area (Å²) in [4.78, 5) is 25.5. The van der Waals surface area contributed by atoms with Crippen molar-refractivity contribution in [1.29, 1.82) is 0 Å². The van der Waals surface area contributed by atoms with Gasteiger partial charge in [0, 0.05) is 38.2 Å². The maximum atomic E-state index is 12.1. The molecular weight excluding hydrogens is 314 g/mol. The van der Waals surface area contributed by atoms with E-state index >= 15 is 0 Å². The molecule has 0 spiro atoms. The van der Waals surface area contributed by atoms with Crippen molar-refractivity contribution in [3.8, 4) is 0 Å². The van der Waals surface area contributed by atoms with Crippen LogP contribution < -0.4 is 14.9 Å². The van der Waals surface area contributed by atoms with Crippen LogP contribution in [0, 0.1) is 0 Å². The lowest BCUT2D eigenvalue weighted by Crippen LogP contribution is -2.39. The number of unbranched alkanes of at least 4 members (excludes halogenated alkanes) is 1. The number of ketones is 1. The zero-order chi connectivity index (χ0) is 16.7. The summed E-state index contributed by atoms with van der Waals surface area (Å²) in [5.74, 6) is 0.303. The van der Waals surface area contributed by atoms with Crippen LogP contribution in [0.3, 0.4) is 0 Å². The summed E-state index contributed by atoms with van der Waals surface area (Å²) in [6.45, 7) is 4.06. The van der Waals surface area contributed by atoms with Gasteiger partial charge in [0.05, 0.1) is 0 Å². The first kappa shape index (κ1) is 17.6. The number of rotatable bonds is 6. The van der Waals surface area contributed by atoms with Gasteiger partial charge in [0.15, 0.2) is 4.90 Å². The molecule has 126 valence electrons. The molecule has 1 aromatic rings. The lowest BCUT2D eigenvalue weighted by Gasteiger charge is -2.28. The van der Waals surface area contributed by atoms with E-state index in [1.165, 1.54) is 0 Å². The molecular formula is C16H23N3O3S. The van der Waals surface area contributed by atoms with Crippen LogP contribution in [0.15, 0.2) is 29.2 Å². The smallest absolute Gasteiger partial charge is 0.356 e. The van der Waals surface area contributed by atoms with Crippen LogP contribution in [-0.4, -0.2) is 36.0 Å². The Morgan fingerprint density at radius 2 is 1.91 bits per heavy atom. The molecule has 0 bridgehead atoms. The molecule has 2 N–H and O–H groups in total. The van der Waals surface area contributed by atoms with Crippen LogP contribution >= 0.6 is 0 Å². The van der Waals surface area contributed by atoms with Crippen molar-refractivity contribution in [2.24, 2.45) is 0 Å². The fourth-order valence-electron chi connectivity index (χ4n) is 2.35. The Hall–Kier alpha value is -1.73. The van der Waals surface area contributed by atoms with Gasteiger partial charge in [0.1, 0.15) is 17.1 Å². The number of hydrogen-bond acceptors (Lipinski definition) is 4. The van der Waals surface area contributed by atoms with Crippen LogP contribution in [0.5, 0.6) is 0 Å². The number of nitrogens with zero attached hydrogens (tertiary/aromatic N) is 1. The first-order valence-electron chi connectivity index (χ1n) is 7.93. The van der Waals surface area contributed by atoms with Crippen LogP contribution in [0.1, 0.15) is 32.6 Å². The summed E-state index contributed by atoms with van der Waals surface area (Å²) in [5.41, 5.74) is 1.01. The maximum Gasteiger partial charge on any atom is 0.356 e. The number of carbonyl (C=O) groups excluding carboxylic acids is 2. The molecule has 0 radical (unpaired) electrons. The highest BCUT2D eigenvalue weighted by molar-refractivity contribution is 7.90. The van der Waals surface area contributed by atoms with E-state index in [2.05, 4.69) is 14.9 Å². The number of piperidine rings is 1. The Morgan fingerprint density at radius 1 is 1.26 bits per heavy atom. The van der Waals surface area contributed by atoms with Gasteiger partial charge in [-0.3, -0.25) is 4.79 Å². The van der Waals surface area contributed by atoms with Gasteiger partial charge in [0.2, 0.25) is 0 Å². The van der Waals surface area contributed by atoms with Gasteiger partial charge in [0.25, 0.3) is 0 Å². The summed E-state index contributed by atoms with van der Waals surface area (Å²) in [6.07, 6.45) is 3.04. The van der Waals surface area contributed by atoms with Crippen molar-refractivity contribution in [3.63, 3.8) is 0 Å². The largest absolute Gasteiger partial charge is 0.588 e. The van der Waals surface area contributed by atoms with Gasteiger partial charge in [-0.2, -0.15) is 0 Å². The van der Waals surface area contributed by atoms with E-state index in [4.69, 9.17) is 0 Å². The minimum atomic E-state index is -1.57. The Bertz CT molecular complexity index is 526. The highest BCUT2D eigenvalue weighted by atomic mass is 32.2. The second-order valence-corrected chi connectivity index (χ2v) is 6.71. The molecule has 2 amide bonds. The van der Waals surface area contributed by atoms with Gasteiger partial charge in [-0.1, -0.05) is 13.3 Å². The number of urea groups is 1. The van der Waals surface area contributed by atoms with Crippen molar-refractivity contribution in [3.05, 3.63) is 24.3 Å². The standard InChI is InChI=1S/C16H23N3O3S/c1-2-3-10-17-16(21)18-23(22)15-6-4-13(5-7-15)19-11-8-14(20)9-12-19/h4-7H,2-3,8-12H2,1H3,(H2,17,18,21). The summed E-state index contributed by atoms with van der Waals surface area (Å²) in [6, 6.07) is 6.82. The average Bonchev–Trinajstić information content (AvgIpc) is 2.56. The van der Waals surface area contributed by atoms with E-state index in [-0.39, 0.29) is 0 Å². The molecule has 23 heavy (non-hydrogen) atoms. The van der Waals surface area contributed by atoms with Crippen LogP contribution in [0.25, 0.3) is 0 Å². The van der Waals surface area contributed by atoms with Gasteiger partial charge in [-0.05, 0) is 30.7 Å². The molecule has 1 atom stereocenters. The molecule has 6 nitrogen and oxygen atoms in total. The quantitative estimate of drug-likeness (QED) is 0.614. The molecule has 1 saturated heterocycles. The zero-order valence-corrected chi connectivity index (χ0v) is 14.2. The molecule has 1 aliphatic rings. The van der Waals surface area contributed by atoms with Crippen LogP contribution in [-0.2, 0) is 16.2 Å². The van der Waals surface area contributed by atoms with E-state index in [0.29, 0.717) is 30.1 Å². The predicted octanol–water partition coefficient (Wildman–Crippen LogP) is 1.98. The Balaban J connectivity index is 1.86. The van der Waals surface area contributed by atoms with Crippen molar-refractivity contribution in [1.82, 2.24) is 10.0 Å². The summed E-state index contributed by atoms with van der Waals surface area (Å²) in [7, 11) is 0. The second-order valence-electron chi connectivity index (χ2n) is 5.50. The normalized spacial score (nSPS) is 16.1. The van der Waals surface area contributed by atoms with Gasteiger partial charge < -0.3 is 14.8 Å². The molecule has 1 aliphatic heterocycles. The number of benzene rings is 1. The highest BCUT2D eigenvalue weighted by Gasteiger charge is 2.18. The summed E-state index contributed by atoms with van der Waals surface area (Å²) in [5, 5.41) is 2.67. The molecule has 2 rings (SSSR count). The molecule has 1 unspecified atom stereocenters. The fraction of sp³-hybridized carbons (Fsp3) is 0.500. The molecule has 1 fully saturated rings. The monoisotopic (exact) mass is 337 g/mol. The number of Topliss-reactive ketones (excluding diaryl/α,β-unsaturated/α-hetero) is 1. The van der Waals surface area contributed by atoms with E-state index in [0.717, 1.165) is 31.6 Å². The lowest BCUT2D eigenvalue weighted by molar-refractivity contribution is -0.119. The zero-order valence-electron chi connectivity index (χ0n) is 13.3. The predicted molar refractivity (Wildman–Crippen MR) is 90.7 cm³/mol. The third-order valence-corrected chi connectivity index (χ3v) is 4.81.